The van der Waals surface area contributed by atoms with E-state index in [9.17, 15) is 5.11 Å². The summed E-state index contributed by atoms with van der Waals surface area (Å²) < 4.78 is 0. The van der Waals surface area contributed by atoms with E-state index in [2.05, 4.69) is 24.1 Å². The average molecular weight is 518 g/mol. The van der Waals surface area contributed by atoms with Gasteiger partial charge in [-0.2, -0.15) is 0 Å². The predicted molar refractivity (Wildman–Crippen MR) is 143 cm³/mol. The number of halogens is 2. The minimum Gasteiger partial charge on any atom is -0.412 e. The van der Waals surface area contributed by atoms with E-state index < -0.39 is 0 Å². The van der Waals surface area contributed by atoms with E-state index >= 15 is 0 Å². The Morgan fingerprint density at radius 1 is 0.879 bits per heavy atom. The number of aliphatic hydroxyl groups excluding tert-OH is 1. The van der Waals surface area contributed by atoms with Crippen molar-refractivity contribution in [1.29, 1.82) is 0 Å². The molecule has 6 nitrogen and oxygen atoms in total. The van der Waals surface area contributed by atoms with E-state index in [1.165, 1.54) is 64.6 Å². The van der Waals surface area contributed by atoms with E-state index in [1.54, 1.807) is 0 Å². The number of hydrogen-bond donors (Lipinski definition) is 2. The van der Waals surface area contributed by atoms with Crippen LogP contribution in [0.3, 0.4) is 0 Å². The van der Waals surface area contributed by atoms with Crippen LogP contribution in [-0.4, -0.2) is 76.0 Å². The summed E-state index contributed by atoms with van der Waals surface area (Å²) in [6, 6.07) is 0.555. The Kier molecular flexibility index (Phi) is 19.1. The lowest BCUT2D eigenvalue weighted by Crippen LogP contribution is -2.49. The molecule has 8 heteroatoms. The fourth-order valence-electron chi connectivity index (χ4n) is 5.96. The van der Waals surface area contributed by atoms with Crippen molar-refractivity contribution in [3.63, 3.8) is 0 Å². The van der Waals surface area contributed by atoms with Gasteiger partial charge in [0.1, 0.15) is 0 Å². The van der Waals surface area contributed by atoms with E-state index in [1.807, 2.05) is 0 Å². The molecule has 8 N–H and O–H groups in total. The van der Waals surface area contributed by atoms with Crippen molar-refractivity contribution in [3.05, 3.63) is 0 Å². The molecule has 4 atom stereocenters. The van der Waals surface area contributed by atoms with Crippen molar-refractivity contribution in [2.75, 3.05) is 32.8 Å². The molecule has 2 saturated carbocycles. The molecule has 0 amide bonds. The first-order chi connectivity index (χ1) is 14.0. The fourth-order valence-corrected chi connectivity index (χ4v) is 6.52. The van der Waals surface area contributed by atoms with Gasteiger partial charge in [-0.15, -0.1) is 23.2 Å². The monoisotopic (exact) mass is 516 g/mol. The zero-order valence-corrected chi connectivity index (χ0v) is 21.7. The Bertz CT molecular complexity index is 473. The standard InChI is InChI=1S/C24H44Cl2N2O.CH4.3H2O/c1-17(2)24(27-14-18-3-8-23(26)21(13-18)16-29)15-28-11-9-20(10-12-28)19-4-6-22(25)7-5-19;;;;/h17-24,27,29H,3-16H2,1-2H3;1H4;3*1H2/t18?,19?,21?,22?,23?,24-;;;;/m0..../s1. The molecule has 33 heavy (non-hydrogen) atoms. The number of likely N-dealkylation sites (tertiary alicyclic amines) is 1. The molecular weight excluding hydrogens is 463 g/mol. The molecule has 1 saturated heterocycles. The normalized spacial score (nSPS) is 32.0. The Labute approximate surface area is 213 Å². The summed E-state index contributed by atoms with van der Waals surface area (Å²) in [5.41, 5.74) is 0. The zero-order chi connectivity index (χ0) is 20.8. The summed E-state index contributed by atoms with van der Waals surface area (Å²) in [5, 5.41) is 14.1. The van der Waals surface area contributed by atoms with E-state index in [0.717, 1.165) is 31.2 Å². The number of piperidine rings is 1. The summed E-state index contributed by atoms with van der Waals surface area (Å²) in [4.78, 5) is 2.70. The van der Waals surface area contributed by atoms with Gasteiger partial charge < -0.3 is 31.8 Å². The van der Waals surface area contributed by atoms with Crippen LogP contribution in [0.25, 0.3) is 0 Å². The SMILES string of the molecule is C.CC(C)[C@H](CN1CCC(C2CCC(Cl)CC2)CC1)NCC1CCC(Cl)C(CO)C1.O.O.O. The van der Waals surface area contributed by atoms with Gasteiger partial charge in [-0.3, -0.25) is 0 Å². The number of nitrogens with zero attached hydrogens (tertiary/aromatic N) is 1. The number of rotatable bonds is 8. The molecule has 0 aromatic heterocycles. The first-order valence-electron chi connectivity index (χ1n) is 12.3. The van der Waals surface area contributed by atoms with Crippen molar-refractivity contribution < 1.29 is 21.5 Å². The first-order valence-corrected chi connectivity index (χ1v) is 13.2. The molecule has 3 rings (SSSR count). The van der Waals surface area contributed by atoms with Crippen LogP contribution in [0.4, 0.5) is 0 Å². The first kappa shape index (κ1) is 35.5. The quantitative estimate of drug-likeness (QED) is 0.479. The third-order valence-corrected chi connectivity index (χ3v) is 9.17. The molecular formula is C25H54Cl2N2O4. The molecule has 202 valence electrons. The van der Waals surface area contributed by atoms with Crippen molar-refractivity contribution >= 4 is 23.2 Å². The van der Waals surface area contributed by atoms with Gasteiger partial charge in [0.05, 0.1) is 0 Å². The van der Waals surface area contributed by atoms with Gasteiger partial charge in [-0.25, -0.2) is 0 Å². The smallest absolute Gasteiger partial charge is 0.0473 e. The van der Waals surface area contributed by atoms with Crippen LogP contribution in [0.1, 0.15) is 79.1 Å². The molecule has 0 aromatic rings. The number of hydrogen-bond acceptors (Lipinski definition) is 3. The third-order valence-electron chi connectivity index (χ3n) is 8.16. The predicted octanol–water partition coefficient (Wildman–Crippen LogP) is 3.29. The van der Waals surface area contributed by atoms with Crippen LogP contribution in [-0.2, 0) is 0 Å². The maximum Gasteiger partial charge on any atom is 0.0473 e. The fraction of sp³-hybridized carbons (Fsp3) is 1.00. The Morgan fingerprint density at radius 2 is 1.45 bits per heavy atom. The van der Waals surface area contributed by atoms with Gasteiger partial charge in [0, 0.05) is 29.9 Å². The molecule has 2 aliphatic carbocycles. The Hall–Kier alpha value is 0.340. The second-order valence-electron chi connectivity index (χ2n) is 10.5. The van der Waals surface area contributed by atoms with Crippen LogP contribution in [0, 0.1) is 29.6 Å². The van der Waals surface area contributed by atoms with Gasteiger partial charge in [0.25, 0.3) is 0 Å². The minimum atomic E-state index is 0. The van der Waals surface area contributed by atoms with Crippen LogP contribution >= 0.6 is 23.2 Å². The molecule has 3 fully saturated rings. The molecule has 0 spiro atoms. The highest BCUT2D eigenvalue weighted by Gasteiger charge is 2.32. The van der Waals surface area contributed by atoms with E-state index in [-0.39, 0.29) is 41.8 Å². The molecule has 0 aromatic carbocycles. The average Bonchev–Trinajstić information content (AvgIpc) is 2.73. The highest BCUT2D eigenvalue weighted by atomic mass is 35.5. The van der Waals surface area contributed by atoms with Crippen LogP contribution in [0.5, 0.6) is 0 Å². The number of alkyl halides is 2. The Morgan fingerprint density at radius 3 is 2.00 bits per heavy atom. The summed E-state index contributed by atoms with van der Waals surface area (Å²) >= 11 is 12.7. The topological polar surface area (TPSA) is 130 Å². The van der Waals surface area contributed by atoms with Crippen molar-refractivity contribution in [1.82, 2.24) is 10.2 Å². The van der Waals surface area contributed by atoms with Gasteiger partial charge >= 0.3 is 0 Å². The molecule has 0 bridgehead atoms. The maximum absolute atomic E-state index is 9.57. The second kappa shape index (κ2) is 17.7. The lowest BCUT2D eigenvalue weighted by Gasteiger charge is -2.40. The lowest BCUT2D eigenvalue weighted by atomic mass is 9.75. The van der Waals surface area contributed by atoms with Crippen molar-refractivity contribution in [2.45, 2.75) is 95.9 Å². The molecule has 0 radical (unpaired) electrons. The van der Waals surface area contributed by atoms with Gasteiger partial charge in [-0.1, -0.05) is 21.3 Å². The number of aliphatic hydroxyl groups is 1. The molecule has 3 unspecified atom stereocenters. The zero-order valence-electron chi connectivity index (χ0n) is 20.2. The lowest BCUT2D eigenvalue weighted by molar-refractivity contribution is 0.110. The van der Waals surface area contributed by atoms with E-state index in [4.69, 9.17) is 23.2 Å². The molecule has 1 aliphatic heterocycles. The Balaban J connectivity index is 0. The summed E-state index contributed by atoms with van der Waals surface area (Å²) in [7, 11) is 0. The van der Waals surface area contributed by atoms with Crippen LogP contribution in [0.15, 0.2) is 0 Å². The molecule has 3 aliphatic rings. The largest absolute Gasteiger partial charge is 0.412 e. The summed E-state index contributed by atoms with van der Waals surface area (Å²) in [6.07, 6.45) is 11.2. The highest BCUT2D eigenvalue weighted by molar-refractivity contribution is 6.21. The van der Waals surface area contributed by atoms with Crippen molar-refractivity contribution in [3.8, 4) is 0 Å². The second-order valence-corrected chi connectivity index (χ2v) is 11.7. The minimum absolute atomic E-state index is 0. The van der Waals surface area contributed by atoms with Gasteiger partial charge in [0.15, 0.2) is 0 Å². The van der Waals surface area contributed by atoms with Crippen LogP contribution < -0.4 is 5.32 Å². The van der Waals surface area contributed by atoms with Crippen LogP contribution in [0.2, 0.25) is 0 Å². The van der Waals surface area contributed by atoms with Gasteiger partial charge in [0.2, 0.25) is 0 Å². The highest BCUT2D eigenvalue weighted by Crippen LogP contribution is 2.37. The maximum atomic E-state index is 9.57. The van der Waals surface area contributed by atoms with E-state index in [0.29, 0.717) is 23.3 Å². The van der Waals surface area contributed by atoms with Crippen molar-refractivity contribution in [2.24, 2.45) is 29.6 Å². The third kappa shape index (κ3) is 10.9. The summed E-state index contributed by atoms with van der Waals surface area (Å²) in [6.45, 7) is 9.71. The van der Waals surface area contributed by atoms with Gasteiger partial charge in [-0.05, 0) is 107 Å². The summed E-state index contributed by atoms with van der Waals surface area (Å²) in [5.74, 6) is 3.45. The molecule has 1 heterocycles. The number of nitrogens with one attached hydrogen (secondary N) is 1.